The number of nitrogens with one attached hydrogen (secondary N) is 1. The number of nitrogens with zero attached hydrogens (tertiary/aromatic N) is 3. The zero-order chi connectivity index (χ0) is 10.7. The third kappa shape index (κ3) is 2.77. The summed E-state index contributed by atoms with van der Waals surface area (Å²) in [5.41, 5.74) is 0.899. The topological polar surface area (TPSA) is 53.3 Å². The molecule has 1 aliphatic heterocycles. The summed E-state index contributed by atoms with van der Waals surface area (Å²) in [6, 6.07) is 0. The fraction of sp³-hybridized carbons (Fsp3) is 0.700. The van der Waals surface area contributed by atoms with Gasteiger partial charge in [0.05, 0.1) is 12.3 Å². The molecule has 0 amide bonds. The molecule has 0 radical (unpaired) electrons. The van der Waals surface area contributed by atoms with Crippen LogP contribution in [0.25, 0.3) is 0 Å². The summed E-state index contributed by atoms with van der Waals surface area (Å²) in [7, 11) is 1.86. The van der Waals surface area contributed by atoms with E-state index in [4.69, 9.17) is 0 Å². The molecule has 2 rings (SSSR count). The van der Waals surface area contributed by atoms with Crippen molar-refractivity contribution in [1.82, 2.24) is 20.0 Å². The van der Waals surface area contributed by atoms with Crippen LogP contribution in [0.1, 0.15) is 11.7 Å². The number of rotatable bonds is 3. The Balaban J connectivity index is 1.88. The van der Waals surface area contributed by atoms with Crippen LogP contribution in [0.4, 0.5) is 0 Å². The fourth-order valence-corrected chi connectivity index (χ4v) is 1.86. The van der Waals surface area contributed by atoms with Crippen LogP contribution in [0.3, 0.4) is 0 Å². The summed E-state index contributed by atoms with van der Waals surface area (Å²) in [6.07, 6.45) is 3.18. The number of aliphatic hydroxyl groups is 1. The van der Waals surface area contributed by atoms with E-state index in [2.05, 4.69) is 15.3 Å². The lowest BCUT2D eigenvalue weighted by Gasteiger charge is -2.28. The van der Waals surface area contributed by atoms with Crippen LogP contribution in [-0.2, 0) is 7.05 Å². The summed E-state index contributed by atoms with van der Waals surface area (Å²) < 4.78 is 1.72. The number of aryl methyl sites for hydroxylation is 1. The van der Waals surface area contributed by atoms with Crippen molar-refractivity contribution >= 4 is 0 Å². The summed E-state index contributed by atoms with van der Waals surface area (Å²) >= 11 is 0. The molecule has 5 nitrogen and oxygen atoms in total. The normalized spacial score (nSPS) is 20.4. The molecule has 2 heterocycles. The summed E-state index contributed by atoms with van der Waals surface area (Å²) in [5.74, 6) is 0. The van der Waals surface area contributed by atoms with Gasteiger partial charge in [0.1, 0.15) is 0 Å². The van der Waals surface area contributed by atoms with Crippen molar-refractivity contribution in [2.45, 2.75) is 6.10 Å². The van der Waals surface area contributed by atoms with Crippen molar-refractivity contribution in [1.29, 1.82) is 0 Å². The number of β-amino-alcohol motifs (C(OH)–C–C–N with tert-alkyl or cyclic N) is 1. The SMILES string of the molecule is Cn1cc(C(O)CN2CCNCC2)cn1. The van der Waals surface area contributed by atoms with Gasteiger partial charge in [-0.3, -0.25) is 9.58 Å². The highest BCUT2D eigenvalue weighted by Crippen LogP contribution is 2.12. The first-order valence-electron chi connectivity index (χ1n) is 5.35. The highest BCUT2D eigenvalue weighted by molar-refractivity contribution is 5.08. The van der Waals surface area contributed by atoms with Crippen LogP contribution in [0.5, 0.6) is 0 Å². The Hall–Kier alpha value is -0.910. The minimum absolute atomic E-state index is 0.420. The van der Waals surface area contributed by atoms with Crippen molar-refractivity contribution < 1.29 is 5.11 Å². The van der Waals surface area contributed by atoms with Gasteiger partial charge in [-0.1, -0.05) is 0 Å². The van der Waals surface area contributed by atoms with Crippen LogP contribution in [0, 0.1) is 0 Å². The summed E-state index contributed by atoms with van der Waals surface area (Å²) in [5, 5.41) is 17.3. The molecule has 1 aromatic rings. The monoisotopic (exact) mass is 210 g/mol. The number of piperazine rings is 1. The quantitative estimate of drug-likeness (QED) is 0.697. The van der Waals surface area contributed by atoms with Gasteiger partial charge in [-0.15, -0.1) is 0 Å². The maximum absolute atomic E-state index is 9.97. The molecule has 84 valence electrons. The predicted molar refractivity (Wildman–Crippen MR) is 57.5 cm³/mol. The minimum atomic E-state index is -0.420. The van der Waals surface area contributed by atoms with Gasteiger partial charge in [0.2, 0.25) is 0 Å². The molecule has 1 fully saturated rings. The Labute approximate surface area is 89.7 Å². The maximum atomic E-state index is 9.97. The van der Waals surface area contributed by atoms with E-state index in [-0.39, 0.29) is 0 Å². The van der Waals surface area contributed by atoms with Crippen LogP contribution in [0.15, 0.2) is 12.4 Å². The minimum Gasteiger partial charge on any atom is -0.387 e. The highest BCUT2D eigenvalue weighted by atomic mass is 16.3. The van der Waals surface area contributed by atoms with Crippen molar-refractivity contribution in [3.8, 4) is 0 Å². The van der Waals surface area contributed by atoms with Crippen LogP contribution in [-0.4, -0.2) is 52.5 Å². The fourth-order valence-electron chi connectivity index (χ4n) is 1.86. The smallest absolute Gasteiger partial charge is 0.0947 e. The van der Waals surface area contributed by atoms with Gasteiger partial charge in [0.25, 0.3) is 0 Å². The van der Waals surface area contributed by atoms with Gasteiger partial charge in [0.15, 0.2) is 0 Å². The van der Waals surface area contributed by atoms with E-state index >= 15 is 0 Å². The Morgan fingerprint density at radius 2 is 2.27 bits per heavy atom. The van der Waals surface area contributed by atoms with E-state index < -0.39 is 6.10 Å². The summed E-state index contributed by atoms with van der Waals surface area (Å²) in [4.78, 5) is 2.27. The molecule has 1 saturated heterocycles. The van der Waals surface area contributed by atoms with Crippen molar-refractivity contribution in [2.24, 2.45) is 7.05 Å². The molecule has 15 heavy (non-hydrogen) atoms. The molecule has 0 spiro atoms. The van der Waals surface area contributed by atoms with Gasteiger partial charge in [-0.25, -0.2) is 0 Å². The van der Waals surface area contributed by atoms with E-state index in [9.17, 15) is 5.11 Å². The number of hydrogen-bond acceptors (Lipinski definition) is 4. The molecule has 0 aliphatic carbocycles. The molecule has 0 aromatic carbocycles. The second kappa shape index (κ2) is 4.74. The van der Waals surface area contributed by atoms with Gasteiger partial charge in [-0.05, 0) is 0 Å². The van der Waals surface area contributed by atoms with Crippen molar-refractivity contribution in [3.63, 3.8) is 0 Å². The first-order valence-corrected chi connectivity index (χ1v) is 5.35. The molecule has 5 heteroatoms. The maximum Gasteiger partial charge on any atom is 0.0947 e. The third-order valence-corrected chi connectivity index (χ3v) is 2.75. The van der Waals surface area contributed by atoms with Gasteiger partial charge in [0, 0.05) is 51.5 Å². The molecule has 0 bridgehead atoms. The van der Waals surface area contributed by atoms with E-state index in [1.54, 1.807) is 10.9 Å². The third-order valence-electron chi connectivity index (χ3n) is 2.75. The molecule has 0 saturated carbocycles. The van der Waals surface area contributed by atoms with Crippen LogP contribution in [0.2, 0.25) is 0 Å². The molecule has 1 aliphatic rings. The summed E-state index contributed by atoms with van der Waals surface area (Å²) in [6.45, 7) is 4.75. The van der Waals surface area contributed by atoms with Gasteiger partial charge in [-0.2, -0.15) is 5.10 Å². The van der Waals surface area contributed by atoms with Gasteiger partial charge < -0.3 is 10.4 Å². The van der Waals surface area contributed by atoms with Crippen molar-refractivity contribution in [2.75, 3.05) is 32.7 Å². The lowest BCUT2D eigenvalue weighted by atomic mass is 10.2. The number of aliphatic hydroxyl groups excluding tert-OH is 1. The Bertz CT molecular complexity index is 306. The zero-order valence-electron chi connectivity index (χ0n) is 9.06. The first kappa shape index (κ1) is 10.6. The van der Waals surface area contributed by atoms with E-state index in [1.807, 2.05) is 13.2 Å². The largest absolute Gasteiger partial charge is 0.387 e. The number of hydrogen-bond donors (Lipinski definition) is 2. The molecule has 1 unspecified atom stereocenters. The van der Waals surface area contributed by atoms with Gasteiger partial charge >= 0.3 is 0 Å². The Kier molecular flexibility index (Phi) is 3.35. The van der Waals surface area contributed by atoms with E-state index in [0.717, 1.165) is 31.7 Å². The van der Waals surface area contributed by atoms with E-state index in [1.165, 1.54) is 0 Å². The molecular weight excluding hydrogens is 192 g/mol. The van der Waals surface area contributed by atoms with E-state index in [0.29, 0.717) is 6.54 Å². The Morgan fingerprint density at radius 3 is 2.87 bits per heavy atom. The molecule has 1 aromatic heterocycles. The predicted octanol–water partition coefficient (Wildman–Crippen LogP) is -0.641. The van der Waals surface area contributed by atoms with Crippen LogP contribution < -0.4 is 5.32 Å². The first-order chi connectivity index (χ1) is 7.25. The second-order valence-electron chi connectivity index (χ2n) is 4.01. The Morgan fingerprint density at radius 1 is 1.53 bits per heavy atom. The lowest BCUT2D eigenvalue weighted by Crippen LogP contribution is -2.44. The second-order valence-corrected chi connectivity index (χ2v) is 4.01. The zero-order valence-corrected chi connectivity index (χ0v) is 9.06. The molecule has 2 N–H and O–H groups in total. The lowest BCUT2D eigenvalue weighted by molar-refractivity contribution is 0.105. The average Bonchev–Trinajstić information content (AvgIpc) is 2.66. The van der Waals surface area contributed by atoms with Crippen molar-refractivity contribution in [3.05, 3.63) is 18.0 Å². The standard InChI is InChI=1S/C10H18N4O/c1-13-7-9(6-12-13)10(15)8-14-4-2-11-3-5-14/h6-7,10-11,15H,2-5,8H2,1H3. The highest BCUT2D eigenvalue weighted by Gasteiger charge is 2.16. The average molecular weight is 210 g/mol. The molecule has 1 atom stereocenters. The number of aromatic nitrogens is 2. The van der Waals surface area contributed by atoms with Crippen LogP contribution >= 0.6 is 0 Å². The molecular formula is C10H18N4O.